The van der Waals surface area contributed by atoms with Crippen molar-refractivity contribution in [3.63, 3.8) is 0 Å². The molecule has 0 spiro atoms. The molecule has 70 heavy (non-hydrogen) atoms. The molecule has 6 amide bonds. The molecule has 382 valence electrons. The number of halogens is 1. The second-order valence-corrected chi connectivity index (χ2v) is 20.3. The molecule has 5 aliphatic heterocycles. The number of carbonyl (C=O) groups excluding carboxylic acids is 6. The summed E-state index contributed by atoms with van der Waals surface area (Å²) in [6.45, 7) is 20.8. The SMILES string of the molecule is CC(C)(C)OC(=O)N1CCN(c2ccc(O)cc2)CC1.CC(C)(C)OC(=O)N1CCN(c2ccc(OC3CCC(=O)NC3=O)cc2)CC1.O=C1CCC(Br)C(=O)N1.Oc1ccc(N2CCNCC2)cc1. The topological polar surface area (TPSA) is 223 Å². The number of phenolic OH excluding ortho intramolecular Hbond substituents is 2. The van der Waals surface area contributed by atoms with Crippen molar-refractivity contribution < 1.29 is 53.2 Å². The first-order valence-electron chi connectivity index (χ1n) is 23.7. The van der Waals surface area contributed by atoms with Crippen molar-refractivity contribution in [1.29, 1.82) is 0 Å². The zero-order valence-electron chi connectivity index (χ0n) is 41.1. The molecule has 0 bridgehead atoms. The predicted molar refractivity (Wildman–Crippen MR) is 270 cm³/mol. The van der Waals surface area contributed by atoms with Gasteiger partial charge in [-0.2, -0.15) is 0 Å². The summed E-state index contributed by atoms with van der Waals surface area (Å²) >= 11 is 3.12. The quantitative estimate of drug-likeness (QED) is 0.160. The van der Waals surface area contributed by atoms with Crippen LogP contribution in [0.25, 0.3) is 0 Å². The van der Waals surface area contributed by atoms with E-state index in [1.165, 1.54) is 5.69 Å². The number of amides is 6. The number of piperazine rings is 3. The second-order valence-electron chi connectivity index (χ2n) is 19.1. The van der Waals surface area contributed by atoms with E-state index in [4.69, 9.17) is 19.3 Å². The first-order valence-corrected chi connectivity index (χ1v) is 24.6. The molecule has 3 aromatic carbocycles. The normalized spacial score (nSPS) is 19.7. The molecule has 20 heteroatoms. The monoisotopic (exact) mass is 1040 g/mol. The Bertz CT molecular complexity index is 2200. The molecule has 5 N–H and O–H groups in total. The molecule has 0 aromatic heterocycles. The van der Waals surface area contributed by atoms with Gasteiger partial charge < -0.3 is 54.2 Å². The van der Waals surface area contributed by atoms with Crippen LogP contribution in [-0.2, 0) is 28.7 Å². The number of benzene rings is 3. The lowest BCUT2D eigenvalue weighted by Crippen LogP contribution is -2.50. The first kappa shape index (κ1) is 54.7. The van der Waals surface area contributed by atoms with Crippen LogP contribution in [-0.4, -0.2) is 156 Å². The molecule has 0 radical (unpaired) electrons. The number of hydrogen-bond donors (Lipinski definition) is 5. The summed E-state index contributed by atoms with van der Waals surface area (Å²) in [5.74, 6) is 0.150. The molecule has 8 rings (SSSR count). The van der Waals surface area contributed by atoms with Gasteiger partial charge in [0.05, 0.1) is 4.83 Å². The molecule has 0 aliphatic carbocycles. The van der Waals surface area contributed by atoms with Crippen molar-refractivity contribution in [2.24, 2.45) is 0 Å². The minimum absolute atomic E-state index is 0.171. The number of piperidine rings is 2. The zero-order chi connectivity index (χ0) is 51.0. The van der Waals surface area contributed by atoms with Crippen molar-refractivity contribution in [2.45, 2.75) is 89.4 Å². The summed E-state index contributed by atoms with van der Waals surface area (Å²) < 4.78 is 16.5. The number of imide groups is 2. The van der Waals surface area contributed by atoms with Gasteiger partial charge in [-0.3, -0.25) is 29.8 Å². The van der Waals surface area contributed by atoms with Crippen LogP contribution < -0.4 is 35.4 Å². The summed E-state index contributed by atoms with van der Waals surface area (Å²) in [5.41, 5.74) is 2.34. The van der Waals surface area contributed by atoms with Gasteiger partial charge in [-0.05, 0) is 121 Å². The van der Waals surface area contributed by atoms with Crippen LogP contribution in [0.2, 0.25) is 0 Å². The van der Waals surface area contributed by atoms with E-state index in [1.807, 2.05) is 90.1 Å². The lowest BCUT2D eigenvalue weighted by molar-refractivity contribution is -0.139. The number of aromatic hydroxyl groups is 2. The molecule has 5 fully saturated rings. The smallest absolute Gasteiger partial charge is 0.410 e. The zero-order valence-corrected chi connectivity index (χ0v) is 42.7. The summed E-state index contributed by atoms with van der Waals surface area (Å²) in [7, 11) is 0. The first-order chi connectivity index (χ1) is 33.1. The molecule has 2 unspecified atom stereocenters. The van der Waals surface area contributed by atoms with Gasteiger partial charge in [-0.15, -0.1) is 0 Å². The molecular formula is C50H69BrN8O11. The number of phenols is 2. The molecule has 5 saturated heterocycles. The van der Waals surface area contributed by atoms with E-state index < -0.39 is 23.2 Å². The molecule has 2 atom stereocenters. The maximum atomic E-state index is 12.2. The number of carbonyl (C=O) groups is 6. The van der Waals surface area contributed by atoms with Gasteiger partial charge in [0.15, 0.2) is 6.10 Å². The number of rotatable bonds is 5. The summed E-state index contributed by atoms with van der Waals surface area (Å²) in [5, 5.41) is 26.2. The Morgan fingerprint density at radius 1 is 0.543 bits per heavy atom. The van der Waals surface area contributed by atoms with Gasteiger partial charge in [0.2, 0.25) is 17.7 Å². The average Bonchev–Trinajstić information content (AvgIpc) is 3.32. The Hall–Kier alpha value is -6.28. The van der Waals surface area contributed by atoms with E-state index in [0.717, 1.165) is 50.6 Å². The summed E-state index contributed by atoms with van der Waals surface area (Å²) in [4.78, 5) is 78.2. The Morgan fingerprint density at radius 3 is 1.29 bits per heavy atom. The highest BCUT2D eigenvalue weighted by Gasteiger charge is 2.30. The van der Waals surface area contributed by atoms with Crippen LogP contribution in [0.4, 0.5) is 26.7 Å². The third-order valence-corrected chi connectivity index (χ3v) is 12.1. The fraction of sp³-hybridized carbons (Fsp3) is 0.520. The van der Waals surface area contributed by atoms with E-state index in [9.17, 15) is 33.9 Å². The number of ether oxygens (including phenoxy) is 3. The molecular weight excluding hydrogens is 968 g/mol. The third-order valence-electron chi connectivity index (χ3n) is 11.3. The maximum Gasteiger partial charge on any atom is 0.410 e. The molecule has 3 aromatic rings. The minimum Gasteiger partial charge on any atom is -0.508 e. The number of anilines is 3. The predicted octanol–water partition coefficient (Wildman–Crippen LogP) is 5.37. The third kappa shape index (κ3) is 18.2. The van der Waals surface area contributed by atoms with Gasteiger partial charge in [0.25, 0.3) is 5.91 Å². The maximum absolute atomic E-state index is 12.2. The van der Waals surface area contributed by atoms with Gasteiger partial charge in [-0.25, -0.2) is 9.59 Å². The fourth-order valence-corrected chi connectivity index (χ4v) is 7.89. The summed E-state index contributed by atoms with van der Waals surface area (Å²) in [6, 6.07) is 22.0. The Balaban J connectivity index is 0.000000188. The van der Waals surface area contributed by atoms with Crippen LogP contribution in [0.3, 0.4) is 0 Å². The fourth-order valence-electron chi connectivity index (χ4n) is 7.55. The Kier molecular flexibility index (Phi) is 19.9. The van der Waals surface area contributed by atoms with E-state index >= 15 is 0 Å². The van der Waals surface area contributed by atoms with Crippen LogP contribution in [0.5, 0.6) is 17.2 Å². The molecule has 5 aliphatic rings. The number of nitrogens with one attached hydrogen (secondary N) is 3. The van der Waals surface area contributed by atoms with Crippen LogP contribution in [0, 0.1) is 0 Å². The van der Waals surface area contributed by atoms with Crippen molar-refractivity contribution >= 4 is 68.8 Å². The van der Waals surface area contributed by atoms with Crippen molar-refractivity contribution in [1.82, 2.24) is 25.8 Å². The van der Waals surface area contributed by atoms with Crippen LogP contribution >= 0.6 is 15.9 Å². The molecule has 5 heterocycles. The lowest BCUT2D eigenvalue weighted by atomic mass is 10.1. The van der Waals surface area contributed by atoms with Crippen molar-refractivity contribution in [3.8, 4) is 17.2 Å². The molecule has 0 saturated carbocycles. The number of nitrogens with zero attached hydrogens (tertiary/aromatic N) is 5. The highest BCUT2D eigenvalue weighted by Crippen LogP contribution is 2.25. The van der Waals surface area contributed by atoms with Gasteiger partial charge in [0, 0.05) is 115 Å². The largest absolute Gasteiger partial charge is 0.508 e. The Morgan fingerprint density at radius 2 is 0.914 bits per heavy atom. The number of alkyl halides is 1. The average molecular weight is 1040 g/mol. The van der Waals surface area contributed by atoms with Crippen molar-refractivity contribution in [2.75, 3.05) is 93.2 Å². The van der Waals surface area contributed by atoms with Crippen molar-refractivity contribution in [3.05, 3.63) is 72.8 Å². The van der Waals surface area contributed by atoms with Crippen LogP contribution in [0.1, 0.15) is 67.2 Å². The van der Waals surface area contributed by atoms with E-state index in [-0.39, 0.29) is 46.9 Å². The van der Waals surface area contributed by atoms with Gasteiger partial charge in [0.1, 0.15) is 28.5 Å². The van der Waals surface area contributed by atoms with Gasteiger partial charge >= 0.3 is 12.2 Å². The highest BCUT2D eigenvalue weighted by atomic mass is 79.9. The van der Waals surface area contributed by atoms with E-state index in [0.29, 0.717) is 70.0 Å². The minimum atomic E-state index is -0.638. The lowest BCUT2D eigenvalue weighted by Gasteiger charge is -2.36. The Labute approximate surface area is 418 Å². The van der Waals surface area contributed by atoms with Crippen LogP contribution in [0.15, 0.2) is 72.8 Å². The van der Waals surface area contributed by atoms with Gasteiger partial charge in [-0.1, -0.05) is 15.9 Å². The second kappa shape index (κ2) is 25.5. The van der Waals surface area contributed by atoms with E-state index in [1.54, 1.807) is 34.1 Å². The molecule has 19 nitrogen and oxygen atoms in total. The van der Waals surface area contributed by atoms with E-state index in [2.05, 4.69) is 46.6 Å². The standard InChI is InChI=1S/C20H27N3O5.C15H22N2O3.C10H14N2O.C5H6BrNO2/c1-20(2,3)28-19(26)23-12-10-22(11-13-23)14-4-6-15(7-5-14)27-16-8-9-17(24)21-18(16)25;1-15(2,3)20-14(19)17-10-8-16(9-11-17)12-4-6-13(18)7-5-12;13-10-3-1-9(2-4-10)12-7-5-11-6-8-12;6-3-1-2-4(8)7-5(3)9/h4-7,16H,8-13H2,1-3H3,(H,21,24,25);4-7,18H,8-11H2,1-3H3;1-4,11,13H,5-8H2;3H,1-2H2,(H,7,8,9). The highest BCUT2D eigenvalue weighted by molar-refractivity contribution is 9.10. The summed E-state index contributed by atoms with van der Waals surface area (Å²) in [6.07, 6.45) is 0.575. The number of hydrogen-bond acceptors (Lipinski definition) is 15.